The van der Waals surface area contributed by atoms with Crippen molar-refractivity contribution in [2.24, 2.45) is 5.92 Å². The van der Waals surface area contributed by atoms with Crippen LogP contribution in [0, 0.1) is 19.4 Å². The van der Waals surface area contributed by atoms with E-state index < -0.39 is 0 Å². The van der Waals surface area contributed by atoms with E-state index >= 15 is 0 Å². The molecule has 1 amide bonds. The summed E-state index contributed by atoms with van der Waals surface area (Å²) in [5, 5.41) is 0. The number of aryl methyl sites for hydroxylation is 1. The first kappa shape index (κ1) is 25.5. The number of amides is 1. The predicted molar refractivity (Wildman–Crippen MR) is 141 cm³/mol. The minimum atomic E-state index is 0. The molecule has 0 aliphatic carbocycles. The second-order valence-electron chi connectivity index (χ2n) is 8.81. The van der Waals surface area contributed by atoms with Crippen LogP contribution in [0.15, 0.2) is 66.3 Å². The van der Waals surface area contributed by atoms with E-state index in [1.165, 1.54) is 5.57 Å². The largest absolute Gasteiger partial charge is 0.309 e. The van der Waals surface area contributed by atoms with E-state index in [0.717, 1.165) is 55.0 Å². The van der Waals surface area contributed by atoms with Gasteiger partial charge in [-0.25, -0.2) is 4.98 Å². The molecule has 1 saturated heterocycles. The zero-order valence-corrected chi connectivity index (χ0v) is 21.2. The molecule has 0 spiro atoms. The lowest BCUT2D eigenvalue weighted by molar-refractivity contribution is -0.124. The van der Waals surface area contributed by atoms with Crippen LogP contribution in [0.5, 0.6) is 0 Å². The number of rotatable bonds is 5. The average Bonchev–Trinajstić information content (AvgIpc) is 3.23. The Hall–Kier alpha value is -3.14. The zero-order valence-electron chi connectivity index (χ0n) is 22.2. The first-order valence-electron chi connectivity index (χ1n) is 12.3. The molecule has 5 nitrogen and oxygen atoms in total. The summed E-state index contributed by atoms with van der Waals surface area (Å²) >= 11 is 0. The number of hydrogen-bond donors (Lipinski definition) is 0. The molecule has 34 heavy (non-hydrogen) atoms. The molecule has 4 heterocycles. The molecular weight excluding hydrogens is 420 g/mol. The van der Waals surface area contributed by atoms with Gasteiger partial charge in [-0.15, -0.1) is 5.73 Å². The third kappa shape index (κ3) is 6.05. The minimum Gasteiger partial charge on any atom is -0.309 e. The highest BCUT2D eigenvalue weighted by atomic mass is 16.2. The topological polar surface area (TPSA) is 40.8 Å². The molecule has 1 fully saturated rings. The lowest BCUT2D eigenvalue weighted by Crippen LogP contribution is -2.37. The fraction of sp³-hybridized carbons (Fsp3) is 0.414. The molecule has 1 atom stereocenters. The Morgan fingerprint density at radius 3 is 2.71 bits per heavy atom. The molecule has 2 radical (unpaired) electrons. The van der Waals surface area contributed by atoms with E-state index in [9.17, 15) is 4.79 Å². The molecule has 2 aromatic rings. The van der Waals surface area contributed by atoms with Crippen LogP contribution in [-0.2, 0) is 4.79 Å². The molecular formula is C29H38N4O. The average molecular weight is 459 g/mol. The Labute approximate surface area is 206 Å². The first-order chi connectivity index (χ1) is 16.4. The summed E-state index contributed by atoms with van der Waals surface area (Å²) in [4.78, 5) is 21.9. The highest BCUT2D eigenvalue weighted by molar-refractivity contribution is 5.96. The number of piperidine rings is 1. The number of hydrogen-bond acceptors (Lipinski definition) is 3. The van der Waals surface area contributed by atoms with Gasteiger partial charge >= 0.3 is 0 Å². The van der Waals surface area contributed by atoms with Crippen molar-refractivity contribution in [3.63, 3.8) is 0 Å². The fourth-order valence-corrected chi connectivity index (χ4v) is 4.50. The summed E-state index contributed by atoms with van der Waals surface area (Å²) < 4.78 is 2.00. The molecule has 2 aliphatic rings. The van der Waals surface area contributed by atoms with Crippen molar-refractivity contribution in [2.75, 3.05) is 19.6 Å². The van der Waals surface area contributed by atoms with E-state index in [4.69, 9.17) is 6.58 Å². The molecule has 4 rings (SSSR count). The smallest absolute Gasteiger partial charge is 0.251 e. The second kappa shape index (κ2) is 11.8. The SMILES string of the molecule is CC.[CH]=C=CCN1CCC(C2=CN(C(=O)/C=C(\C)c3ccc4nc(C)cn4c3)C(C)C=C2)CC1.[H]. The summed E-state index contributed by atoms with van der Waals surface area (Å²) in [7, 11) is 0. The van der Waals surface area contributed by atoms with Gasteiger partial charge in [0.2, 0.25) is 0 Å². The molecule has 0 aromatic carbocycles. The number of imidazole rings is 1. The Balaban J connectivity index is 0.00000140. The molecule has 2 aliphatic heterocycles. The Bertz CT molecular complexity index is 1140. The van der Waals surface area contributed by atoms with Crippen molar-refractivity contribution < 1.29 is 6.22 Å². The summed E-state index contributed by atoms with van der Waals surface area (Å²) in [6.45, 7) is 18.3. The maximum atomic E-state index is 13.2. The van der Waals surface area contributed by atoms with Crippen LogP contribution in [0.2, 0.25) is 0 Å². The number of carbonyl (C=O) groups is 1. The van der Waals surface area contributed by atoms with Crippen molar-refractivity contribution in [1.82, 2.24) is 19.2 Å². The van der Waals surface area contributed by atoms with Gasteiger partial charge in [-0.2, -0.15) is 0 Å². The van der Waals surface area contributed by atoms with Crippen LogP contribution in [-0.4, -0.2) is 50.8 Å². The van der Waals surface area contributed by atoms with Crippen LogP contribution in [0.3, 0.4) is 0 Å². The molecule has 0 saturated carbocycles. The maximum Gasteiger partial charge on any atom is 0.251 e. The molecule has 5 heteroatoms. The van der Waals surface area contributed by atoms with Crippen molar-refractivity contribution in [2.45, 2.75) is 53.5 Å². The van der Waals surface area contributed by atoms with Crippen molar-refractivity contribution in [3.05, 3.63) is 84.2 Å². The Morgan fingerprint density at radius 1 is 1.26 bits per heavy atom. The Kier molecular flexibility index (Phi) is 8.86. The number of carbonyl (C=O) groups excluding carboxylic acids is 1. The van der Waals surface area contributed by atoms with Crippen molar-refractivity contribution in [3.8, 4) is 0 Å². The van der Waals surface area contributed by atoms with E-state index in [1.807, 2.05) is 67.6 Å². The highest BCUT2D eigenvalue weighted by Crippen LogP contribution is 2.29. The number of allylic oxidation sites excluding steroid dienone is 3. The molecule has 2 aromatic heterocycles. The van der Waals surface area contributed by atoms with E-state index in [2.05, 4.69) is 40.9 Å². The standard InChI is InChI=1S/C27H31N4O.C2H6.H/c1-5-6-13-29-14-11-23(12-15-29)25-8-7-22(4)31(19-25)27(32)16-20(2)24-9-10-26-28-21(3)17-30(26)18-24;1-2;/h1,6-10,16-19,22-23H,11-15H2,2-4H3;1-2H3;/b20-16+;;. The molecule has 0 bridgehead atoms. The van der Waals surface area contributed by atoms with Gasteiger partial charge in [-0.1, -0.05) is 26.0 Å². The lowest BCUT2D eigenvalue weighted by Gasteiger charge is -2.34. The lowest BCUT2D eigenvalue weighted by atomic mass is 9.87. The minimum absolute atomic E-state index is 0. The van der Waals surface area contributed by atoms with Crippen LogP contribution in [0.1, 0.15) is 53.2 Å². The van der Waals surface area contributed by atoms with Crippen LogP contribution in [0.25, 0.3) is 11.2 Å². The Morgan fingerprint density at radius 2 is 2.00 bits per heavy atom. The van der Waals surface area contributed by atoms with Gasteiger partial charge in [0.05, 0.1) is 11.7 Å². The van der Waals surface area contributed by atoms with Gasteiger partial charge in [0.15, 0.2) is 0 Å². The third-order valence-electron chi connectivity index (χ3n) is 6.44. The van der Waals surface area contributed by atoms with Crippen LogP contribution >= 0.6 is 0 Å². The number of aromatic nitrogens is 2. The number of nitrogens with zero attached hydrogens (tertiary/aromatic N) is 4. The highest BCUT2D eigenvalue weighted by Gasteiger charge is 2.25. The quantitative estimate of drug-likeness (QED) is 0.426. The predicted octanol–water partition coefficient (Wildman–Crippen LogP) is 5.71. The maximum absolute atomic E-state index is 13.2. The number of fused-ring (bicyclic) bond motifs is 1. The summed E-state index contributed by atoms with van der Waals surface area (Å²) in [5.74, 6) is 0.493. The molecule has 180 valence electrons. The summed E-state index contributed by atoms with van der Waals surface area (Å²) in [6.07, 6.45) is 16.2. The number of pyridine rings is 1. The van der Waals surface area contributed by atoms with Gasteiger partial charge in [-0.05, 0) is 94.1 Å². The van der Waals surface area contributed by atoms with Gasteiger partial charge in [0.25, 0.3) is 5.91 Å². The second-order valence-corrected chi connectivity index (χ2v) is 8.81. The van der Waals surface area contributed by atoms with Crippen molar-refractivity contribution in [1.29, 1.82) is 0 Å². The van der Waals surface area contributed by atoms with Gasteiger partial charge < -0.3 is 9.30 Å². The normalized spacial score (nSPS) is 19.3. The first-order valence-corrected chi connectivity index (χ1v) is 12.3. The van der Waals surface area contributed by atoms with Gasteiger partial charge in [0, 0.05) is 32.6 Å². The molecule has 0 N–H and O–H groups in total. The zero-order chi connectivity index (χ0) is 24.7. The summed E-state index contributed by atoms with van der Waals surface area (Å²) in [5.41, 5.74) is 7.71. The van der Waals surface area contributed by atoms with Crippen molar-refractivity contribution >= 4 is 17.1 Å². The van der Waals surface area contributed by atoms with E-state index in [-0.39, 0.29) is 13.4 Å². The number of likely N-dealkylation sites (tertiary alicyclic amines) is 1. The fourth-order valence-electron chi connectivity index (χ4n) is 4.50. The monoisotopic (exact) mass is 458 g/mol. The summed E-state index contributed by atoms with van der Waals surface area (Å²) in [6, 6.07) is 4.05. The third-order valence-corrected chi connectivity index (χ3v) is 6.44. The van der Waals surface area contributed by atoms with Crippen LogP contribution < -0.4 is 0 Å². The van der Waals surface area contributed by atoms with Crippen LogP contribution in [0.4, 0.5) is 0 Å². The van der Waals surface area contributed by atoms with Gasteiger partial charge in [0.1, 0.15) is 5.65 Å². The molecule has 1 unspecified atom stereocenters. The van der Waals surface area contributed by atoms with E-state index in [1.54, 1.807) is 6.08 Å². The van der Waals surface area contributed by atoms with Gasteiger partial charge in [-0.3, -0.25) is 9.69 Å². The van der Waals surface area contributed by atoms with E-state index in [0.29, 0.717) is 5.92 Å².